The first kappa shape index (κ1) is 17.7. The molecule has 0 unspecified atom stereocenters. The van der Waals surface area contributed by atoms with Crippen LogP contribution in [0.4, 0.5) is 0 Å². The molecule has 1 heterocycles. The van der Waals surface area contributed by atoms with E-state index in [-0.39, 0.29) is 6.04 Å². The zero-order valence-corrected chi connectivity index (χ0v) is 15.7. The van der Waals surface area contributed by atoms with Gasteiger partial charge in [0.05, 0.1) is 17.0 Å². The highest BCUT2D eigenvalue weighted by Crippen LogP contribution is 2.36. The number of benzene rings is 2. The third-order valence-electron chi connectivity index (χ3n) is 5.49. The van der Waals surface area contributed by atoms with Crippen LogP contribution in [0.15, 0.2) is 53.4 Å². The summed E-state index contributed by atoms with van der Waals surface area (Å²) >= 11 is 0. The Kier molecular flexibility index (Phi) is 4.61. The predicted molar refractivity (Wildman–Crippen MR) is 100 cm³/mol. The maximum atomic E-state index is 12.8. The van der Waals surface area contributed by atoms with Crippen LogP contribution in [0.3, 0.4) is 0 Å². The van der Waals surface area contributed by atoms with Gasteiger partial charge in [-0.15, -0.1) is 0 Å². The maximum Gasteiger partial charge on any atom is 0.243 e. The normalized spacial score (nSPS) is 24.5. The second kappa shape index (κ2) is 6.78. The SMILES string of the molecule is Cc1ccc(S(=O)(=O)N2CCN([C@H]3c4ccccc4C[C@H]3O)CC2)cc1. The van der Waals surface area contributed by atoms with Crippen LogP contribution in [0.5, 0.6) is 0 Å². The van der Waals surface area contributed by atoms with E-state index in [1.54, 1.807) is 16.4 Å². The van der Waals surface area contributed by atoms with E-state index >= 15 is 0 Å². The number of piperazine rings is 1. The van der Waals surface area contributed by atoms with E-state index in [0.717, 1.165) is 5.56 Å². The summed E-state index contributed by atoms with van der Waals surface area (Å²) in [7, 11) is -3.46. The molecule has 5 nitrogen and oxygen atoms in total. The molecule has 138 valence electrons. The van der Waals surface area contributed by atoms with E-state index in [1.165, 1.54) is 11.1 Å². The Balaban J connectivity index is 1.49. The van der Waals surface area contributed by atoms with Crippen molar-refractivity contribution in [1.29, 1.82) is 0 Å². The summed E-state index contributed by atoms with van der Waals surface area (Å²) in [6, 6.07) is 15.1. The van der Waals surface area contributed by atoms with Crippen molar-refractivity contribution in [3.63, 3.8) is 0 Å². The Morgan fingerprint density at radius 1 is 0.962 bits per heavy atom. The number of aryl methyl sites for hydroxylation is 1. The van der Waals surface area contributed by atoms with Gasteiger partial charge in [0.15, 0.2) is 0 Å². The average molecular weight is 372 g/mol. The number of aliphatic hydroxyl groups excluding tert-OH is 1. The molecule has 2 aromatic rings. The molecule has 6 heteroatoms. The topological polar surface area (TPSA) is 60.9 Å². The smallest absolute Gasteiger partial charge is 0.243 e. The lowest BCUT2D eigenvalue weighted by atomic mass is 10.1. The van der Waals surface area contributed by atoms with Crippen LogP contribution in [0, 0.1) is 6.92 Å². The predicted octanol–water partition coefficient (Wildman–Crippen LogP) is 1.96. The van der Waals surface area contributed by atoms with E-state index in [9.17, 15) is 13.5 Å². The molecule has 2 atom stereocenters. The molecule has 0 aromatic heterocycles. The molecule has 0 spiro atoms. The van der Waals surface area contributed by atoms with E-state index in [0.29, 0.717) is 37.5 Å². The zero-order valence-electron chi connectivity index (χ0n) is 14.9. The van der Waals surface area contributed by atoms with Crippen LogP contribution < -0.4 is 0 Å². The van der Waals surface area contributed by atoms with Gasteiger partial charge in [0.25, 0.3) is 0 Å². The first-order chi connectivity index (χ1) is 12.5. The second-order valence-electron chi connectivity index (χ2n) is 7.17. The summed E-state index contributed by atoms with van der Waals surface area (Å²) in [4.78, 5) is 2.57. The summed E-state index contributed by atoms with van der Waals surface area (Å²) in [5, 5.41) is 10.5. The van der Waals surface area contributed by atoms with Crippen molar-refractivity contribution in [2.24, 2.45) is 0 Å². The molecule has 2 aliphatic rings. The van der Waals surface area contributed by atoms with Crippen LogP contribution >= 0.6 is 0 Å². The minimum atomic E-state index is -3.46. The number of aliphatic hydroxyl groups is 1. The van der Waals surface area contributed by atoms with Gasteiger partial charge in [0, 0.05) is 32.6 Å². The lowest BCUT2D eigenvalue weighted by Crippen LogP contribution is -2.50. The molecule has 1 aliphatic carbocycles. The summed E-state index contributed by atoms with van der Waals surface area (Å²) in [6.45, 7) is 4.09. The molecule has 0 radical (unpaired) electrons. The molecule has 1 fully saturated rings. The number of sulfonamides is 1. The van der Waals surface area contributed by atoms with Crippen molar-refractivity contribution in [2.75, 3.05) is 26.2 Å². The van der Waals surface area contributed by atoms with Gasteiger partial charge in [-0.05, 0) is 30.2 Å². The van der Waals surface area contributed by atoms with Crippen molar-refractivity contribution >= 4 is 10.0 Å². The largest absolute Gasteiger partial charge is 0.391 e. The minimum Gasteiger partial charge on any atom is -0.391 e. The molecule has 1 aliphatic heterocycles. The standard InChI is InChI=1S/C20H24N2O3S/c1-15-6-8-17(9-7-15)26(24,25)22-12-10-21(11-13-22)20-18-5-3-2-4-16(18)14-19(20)23/h2-9,19-20,23H,10-14H2,1H3/t19-,20+/m1/s1. The van der Waals surface area contributed by atoms with Gasteiger partial charge < -0.3 is 5.11 Å². The van der Waals surface area contributed by atoms with Crippen molar-refractivity contribution < 1.29 is 13.5 Å². The van der Waals surface area contributed by atoms with Gasteiger partial charge in [-0.2, -0.15) is 4.31 Å². The van der Waals surface area contributed by atoms with Gasteiger partial charge in [-0.1, -0.05) is 42.0 Å². The number of rotatable bonds is 3. The first-order valence-corrected chi connectivity index (χ1v) is 10.5. The van der Waals surface area contributed by atoms with Crippen LogP contribution in [0.25, 0.3) is 0 Å². The molecule has 0 saturated carbocycles. The number of hydrogen-bond acceptors (Lipinski definition) is 4. The Hall–Kier alpha value is -1.73. The fourth-order valence-electron chi connectivity index (χ4n) is 4.07. The summed E-state index contributed by atoms with van der Waals surface area (Å²) in [5.41, 5.74) is 3.41. The van der Waals surface area contributed by atoms with Gasteiger partial charge >= 0.3 is 0 Å². The summed E-state index contributed by atoms with van der Waals surface area (Å²) in [6.07, 6.45) is 0.246. The minimum absolute atomic E-state index is 0.0320. The van der Waals surface area contributed by atoms with Crippen LogP contribution in [-0.4, -0.2) is 55.0 Å². The number of nitrogens with zero attached hydrogens (tertiary/aromatic N) is 2. The Morgan fingerprint density at radius 2 is 1.62 bits per heavy atom. The van der Waals surface area contributed by atoms with Gasteiger partial charge in [0.1, 0.15) is 0 Å². The molecular formula is C20H24N2O3S. The van der Waals surface area contributed by atoms with Gasteiger partial charge in [-0.3, -0.25) is 4.90 Å². The molecule has 0 amide bonds. The fourth-order valence-corrected chi connectivity index (χ4v) is 5.50. The molecule has 1 saturated heterocycles. The lowest BCUT2D eigenvalue weighted by molar-refractivity contribution is 0.0422. The van der Waals surface area contributed by atoms with Crippen LogP contribution in [0.1, 0.15) is 22.7 Å². The highest BCUT2D eigenvalue weighted by Gasteiger charge is 2.38. The Bertz CT molecular complexity index is 888. The number of hydrogen-bond donors (Lipinski definition) is 1. The highest BCUT2D eigenvalue weighted by molar-refractivity contribution is 7.89. The quantitative estimate of drug-likeness (QED) is 0.895. The van der Waals surface area contributed by atoms with Crippen LogP contribution in [0.2, 0.25) is 0 Å². The molecule has 26 heavy (non-hydrogen) atoms. The Labute approximate surface area is 154 Å². The fraction of sp³-hybridized carbons (Fsp3) is 0.400. The van der Waals surface area contributed by atoms with Gasteiger partial charge in [0.2, 0.25) is 10.0 Å². The monoisotopic (exact) mass is 372 g/mol. The van der Waals surface area contributed by atoms with E-state index in [2.05, 4.69) is 17.0 Å². The third kappa shape index (κ3) is 3.07. The van der Waals surface area contributed by atoms with E-state index in [4.69, 9.17) is 0 Å². The Morgan fingerprint density at radius 3 is 2.31 bits per heavy atom. The zero-order chi connectivity index (χ0) is 18.3. The van der Waals surface area contributed by atoms with Crippen molar-refractivity contribution in [2.45, 2.75) is 30.4 Å². The highest BCUT2D eigenvalue weighted by atomic mass is 32.2. The first-order valence-electron chi connectivity index (χ1n) is 9.03. The molecular weight excluding hydrogens is 348 g/mol. The van der Waals surface area contributed by atoms with Crippen LogP contribution in [-0.2, 0) is 16.4 Å². The molecule has 0 bridgehead atoms. The van der Waals surface area contributed by atoms with Gasteiger partial charge in [-0.25, -0.2) is 8.42 Å². The van der Waals surface area contributed by atoms with Crippen molar-refractivity contribution in [1.82, 2.24) is 9.21 Å². The average Bonchev–Trinajstić information content (AvgIpc) is 2.98. The molecule has 4 rings (SSSR count). The second-order valence-corrected chi connectivity index (χ2v) is 9.11. The van der Waals surface area contributed by atoms with Crippen molar-refractivity contribution in [3.05, 3.63) is 65.2 Å². The third-order valence-corrected chi connectivity index (χ3v) is 7.41. The van der Waals surface area contributed by atoms with E-state index < -0.39 is 16.1 Å². The lowest BCUT2D eigenvalue weighted by Gasteiger charge is -2.38. The summed E-state index contributed by atoms with van der Waals surface area (Å²) in [5.74, 6) is 0. The van der Waals surface area contributed by atoms with Crippen molar-refractivity contribution in [3.8, 4) is 0 Å². The maximum absolute atomic E-state index is 12.8. The summed E-state index contributed by atoms with van der Waals surface area (Å²) < 4.78 is 27.3. The molecule has 1 N–H and O–H groups in total. The van der Waals surface area contributed by atoms with E-state index in [1.807, 2.05) is 31.2 Å². The number of fused-ring (bicyclic) bond motifs is 1. The molecule has 2 aromatic carbocycles.